The van der Waals surface area contributed by atoms with Crippen LogP contribution in [0, 0.1) is 5.82 Å². The molecule has 0 aliphatic carbocycles. The number of nitrogens with two attached hydrogens (primary N) is 1. The van der Waals surface area contributed by atoms with Crippen molar-refractivity contribution in [2.45, 2.75) is 12.5 Å². The van der Waals surface area contributed by atoms with Crippen LogP contribution in [0.25, 0.3) is 0 Å². The fourth-order valence-corrected chi connectivity index (χ4v) is 1.17. The summed E-state index contributed by atoms with van der Waals surface area (Å²) < 4.78 is 37.4. The van der Waals surface area contributed by atoms with Gasteiger partial charge in [-0.25, -0.2) is 18.0 Å². The van der Waals surface area contributed by atoms with Gasteiger partial charge in [-0.15, -0.1) is 12.4 Å². The van der Waals surface area contributed by atoms with Crippen molar-refractivity contribution < 1.29 is 28.2 Å². The lowest BCUT2D eigenvalue weighted by Gasteiger charge is -2.14. The Morgan fingerprint density at radius 1 is 1.35 bits per heavy atom. The first-order valence-electron chi connectivity index (χ1n) is 4.14. The van der Waals surface area contributed by atoms with E-state index in [1.165, 1.54) is 0 Å². The van der Waals surface area contributed by atoms with Crippen molar-refractivity contribution in [3.8, 4) is 5.75 Å². The molecule has 0 unspecified atom stereocenters. The molecule has 1 aromatic rings. The lowest BCUT2D eigenvalue weighted by molar-refractivity contribution is 0.0691. The number of carbonyl (C=O) groups is 1. The summed E-state index contributed by atoms with van der Waals surface area (Å²) in [5.41, 5.74) is 3.57. The van der Waals surface area contributed by atoms with Gasteiger partial charge in [-0.05, 0) is 12.1 Å². The van der Waals surface area contributed by atoms with Crippen LogP contribution in [0.1, 0.15) is 22.0 Å². The predicted octanol–water partition coefficient (Wildman–Crippen LogP) is 1.92. The van der Waals surface area contributed by atoms with Crippen molar-refractivity contribution >= 4 is 18.4 Å². The van der Waals surface area contributed by atoms with Crippen LogP contribution >= 0.6 is 12.4 Å². The highest BCUT2D eigenvalue weighted by Gasteiger charge is 2.25. The minimum Gasteiger partial charge on any atom is -0.507 e. The van der Waals surface area contributed by atoms with Crippen LogP contribution in [0.2, 0.25) is 0 Å². The first-order chi connectivity index (χ1) is 7.34. The number of hydrogen-bond acceptors (Lipinski definition) is 3. The molecule has 4 N–H and O–H groups in total. The molecule has 17 heavy (non-hydrogen) atoms. The molecule has 8 heteroatoms. The van der Waals surface area contributed by atoms with Gasteiger partial charge in [-0.3, -0.25) is 0 Å². The Bertz CT molecular complexity index is 428. The van der Waals surface area contributed by atoms with E-state index in [1.54, 1.807) is 0 Å². The molecule has 0 saturated carbocycles. The van der Waals surface area contributed by atoms with Crippen LogP contribution in [0.15, 0.2) is 12.1 Å². The second-order valence-corrected chi connectivity index (χ2v) is 3.06. The van der Waals surface area contributed by atoms with Crippen molar-refractivity contribution in [1.29, 1.82) is 0 Å². The van der Waals surface area contributed by atoms with Gasteiger partial charge < -0.3 is 15.9 Å². The van der Waals surface area contributed by atoms with Crippen molar-refractivity contribution in [2.75, 3.05) is 0 Å². The van der Waals surface area contributed by atoms with Crippen LogP contribution in [0.4, 0.5) is 13.2 Å². The second-order valence-electron chi connectivity index (χ2n) is 3.06. The summed E-state index contributed by atoms with van der Waals surface area (Å²) >= 11 is 0. The Morgan fingerprint density at radius 2 is 1.88 bits per heavy atom. The van der Waals surface area contributed by atoms with E-state index in [0.29, 0.717) is 12.1 Å². The molecule has 1 aromatic carbocycles. The zero-order chi connectivity index (χ0) is 12.5. The molecule has 1 atom stereocenters. The SMILES string of the molecule is Cl.N[C@H](c1cc(F)cc(C(=O)O)c1O)C(F)F. The van der Waals surface area contributed by atoms with E-state index in [4.69, 9.17) is 10.8 Å². The summed E-state index contributed by atoms with van der Waals surface area (Å²) in [5, 5.41) is 17.9. The zero-order valence-electron chi connectivity index (χ0n) is 8.23. The van der Waals surface area contributed by atoms with E-state index in [9.17, 15) is 23.1 Å². The minimum atomic E-state index is -3.03. The average Bonchev–Trinajstić information content (AvgIpc) is 2.19. The number of halogens is 4. The highest BCUT2D eigenvalue weighted by molar-refractivity contribution is 5.91. The standard InChI is InChI=1S/C9H8F3NO3.ClH/c10-3-1-4(6(13)8(11)12)7(14)5(2-3)9(15)16;/h1-2,6,8,14H,13H2,(H,15,16);1H/t6-;/m1./s1. The number of phenols is 1. The fourth-order valence-electron chi connectivity index (χ4n) is 1.17. The molecule has 0 aliphatic heterocycles. The van der Waals surface area contributed by atoms with Gasteiger partial charge in [0.25, 0.3) is 6.43 Å². The molecular formula is C9H9ClF3NO3. The Labute approximate surface area is 100 Å². The van der Waals surface area contributed by atoms with Gasteiger partial charge in [-0.1, -0.05) is 0 Å². The van der Waals surface area contributed by atoms with Gasteiger partial charge in [0.05, 0.1) is 6.04 Å². The van der Waals surface area contributed by atoms with E-state index in [1.807, 2.05) is 0 Å². The topological polar surface area (TPSA) is 83.6 Å². The van der Waals surface area contributed by atoms with Crippen molar-refractivity contribution in [3.05, 3.63) is 29.1 Å². The van der Waals surface area contributed by atoms with Crippen LogP contribution in [-0.2, 0) is 0 Å². The lowest BCUT2D eigenvalue weighted by Crippen LogP contribution is -2.20. The minimum absolute atomic E-state index is 0. The summed E-state index contributed by atoms with van der Waals surface area (Å²) in [7, 11) is 0. The molecule has 0 bridgehead atoms. The van der Waals surface area contributed by atoms with E-state index in [-0.39, 0.29) is 12.4 Å². The fraction of sp³-hybridized carbons (Fsp3) is 0.222. The van der Waals surface area contributed by atoms with Crippen LogP contribution < -0.4 is 5.73 Å². The highest BCUT2D eigenvalue weighted by atomic mass is 35.5. The lowest BCUT2D eigenvalue weighted by atomic mass is 10.0. The first-order valence-corrected chi connectivity index (χ1v) is 4.14. The maximum absolute atomic E-state index is 12.9. The number of rotatable bonds is 3. The molecule has 0 heterocycles. The smallest absolute Gasteiger partial charge is 0.339 e. The van der Waals surface area contributed by atoms with E-state index < -0.39 is 41.1 Å². The zero-order valence-corrected chi connectivity index (χ0v) is 9.05. The average molecular weight is 272 g/mol. The number of aromatic carboxylic acids is 1. The van der Waals surface area contributed by atoms with Gasteiger partial charge in [0.2, 0.25) is 0 Å². The third kappa shape index (κ3) is 3.24. The summed E-state index contributed by atoms with van der Waals surface area (Å²) in [6, 6.07) is -0.827. The third-order valence-corrected chi connectivity index (χ3v) is 1.97. The maximum Gasteiger partial charge on any atom is 0.339 e. The molecule has 1 rings (SSSR count). The van der Waals surface area contributed by atoms with Gasteiger partial charge in [-0.2, -0.15) is 0 Å². The molecular weight excluding hydrogens is 263 g/mol. The third-order valence-electron chi connectivity index (χ3n) is 1.97. The molecule has 0 aliphatic rings. The molecule has 0 aromatic heterocycles. The van der Waals surface area contributed by atoms with E-state index in [0.717, 1.165) is 0 Å². The number of aromatic hydroxyl groups is 1. The molecule has 0 radical (unpaired) electrons. The van der Waals surface area contributed by atoms with Crippen molar-refractivity contribution in [3.63, 3.8) is 0 Å². The molecule has 0 amide bonds. The monoisotopic (exact) mass is 271 g/mol. The summed E-state index contributed by atoms with van der Waals surface area (Å²) in [6.45, 7) is 0. The molecule has 96 valence electrons. The number of alkyl halides is 2. The Hall–Kier alpha value is -1.47. The molecule has 4 nitrogen and oxygen atoms in total. The second kappa shape index (κ2) is 5.74. The van der Waals surface area contributed by atoms with Crippen molar-refractivity contribution in [1.82, 2.24) is 0 Å². The van der Waals surface area contributed by atoms with Crippen LogP contribution in [0.5, 0.6) is 5.75 Å². The van der Waals surface area contributed by atoms with Gasteiger partial charge in [0, 0.05) is 5.56 Å². The number of hydrogen-bond donors (Lipinski definition) is 3. The number of benzene rings is 1. The van der Waals surface area contributed by atoms with Gasteiger partial charge in [0.15, 0.2) is 0 Å². The van der Waals surface area contributed by atoms with E-state index >= 15 is 0 Å². The molecule has 0 spiro atoms. The Balaban J connectivity index is 0.00000256. The summed E-state index contributed by atoms with van der Waals surface area (Å²) in [6.07, 6.45) is -3.03. The normalized spacial score (nSPS) is 12.1. The molecule has 0 saturated heterocycles. The Morgan fingerprint density at radius 3 is 2.29 bits per heavy atom. The van der Waals surface area contributed by atoms with Gasteiger partial charge in [0.1, 0.15) is 17.1 Å². The highest BCUT2D eigenvalue weighted by Crippen LogP contribution is 2.31. The molecule has 0 fully saturated rings. The van der Waals surface area contributed by atoms with E-state index in [2.05, 4.69) is 0 Å². The first kappa shape index (κ1) is 15.5. The summed E-state index contributed by atoms with van der Waals surface area (Å²) in [4.78, 5) is 10.6. The summed E-state index contributed by atoms with van der Waals surface area (Å²) in [5.74, 6) is -3.62. The van der Waals surface area contributed by atoms with Crippen LogP contribution in [-0.4, -0.2) is 22.6 Å². The van der Waals surface area contributed by atoms with Crippen LogP contribution in [0.3, 0.4) is 0 Å². The predicted molar refractivity (Wildman–Crippen MR) is 55.2 cm³/mol. The largest absolute Gasteiger partial charge is 0.507 e. The number of carboxylic acid groups (broad SMARTS) is 1. The number of carboxylic acids is 1. The van der Waals surface area contributed by atoms with Gasteiger partial charge >= 0.3 is 5.97 Å². The maximum atomic E-state index is 12.9. The Kier molecular flexibility index (Phi) is 5.24. The quantitative estimate of drug-likeness (QED) is 0.784. The van der Waals surface area contributed by atoms with Crippen molar-refractivity contribution in [2.24, 2.45) is 5.73 Å².